The van der Waals surface area contributed by atoms with E-state index in [9.17, 15) is 5.11 Å². The Balaban J connectivity index is 1.40. The van der Waals surface area contributed by atoms with E-state index < -0.39 is 0 Å². The van der Waals surface area contributed by atoms with Crippen LogP contribution in [0.1, 0.15) is 41.8 Å². The number of phenols is 1. The Morgan fingerprint density at radius 3 is 2.37 bits per heavy atom. The second-order valence-electron chi connectivity index (χ2n) is 7.96. The molecule has 2 N–H and O–H groups in total. The van der Waals surface area contributed by atoms with Crippen LogP contribution in [-0.2, 0) is 0 Å². The molecule has 0 amide bonds. The third-order valence-electron chi connectivity index (χ3n) is 6.11. The third-order valence-corrected chi connectivity index (χ3v) is 6.36. The van der Waals surface area contributed by atoms with Gasteiger partial charge in [-0.1, -0.05) is 54.1 Å². The Kier molecular flexibility index (Phi) is 5.19. The largest absolute Gasteiger partial charge is 0.508 e. The second kappa shape index (κ2) is 8.13. The number of imidazole rings is 1. The summed E-state index contributed by atoms with van der Waals surface area (Å²) < 4.78 is 0. The van der Waals surface area contributed by atoms with Crippen LogP contribution in [0.2, 0.25) is 5.02 Å². The summed E-state index contributed by atoms with van der Waals surface area (Å²) in [5.74, 6) is 1.84. The molecule has 152 valence electrons. The first-order chi connectivity index (χ1) is 14.7. The molecule has 0 saturated carbocycles. The SMILES string of the molecule is Oc1ccccc1C(c1ccc(Cl)cc1)N1CCC(c2nc3ccccc3[nH]2)CC1. The molecule has 1 atom stereocenters. The molecule has 2 heterocycles. The molecule has 0 bridgehead atoms. The number of para-hydroxylation sites is 3. The zero-order valence-corrected chi connectivity index (χ0v) is 17.4. The quantitative estimate of drug-likeness (QED) is 0.435. The highest BCUT2D eigenvalue weighted by Gasteiger charge is 2.30. The third kappa shape index (κ3) is 3.69. The lowest BCUT2D eigenvalue weighted by atomic mass is 9.90. The van der Waals surface area contributed by atoms with Crippen LogP contribution in [0.25, 0.3) is 11.0 Å². The Morgan fingerprint density at radius 2 is 1.63 bits per heavy atom. The monoisotopic (exact) mass is 417 g/mol. The van der Waals surface area contributed by atoms with Crippen LogP contribution in [-0.4, -0.2) is 33.1 Å². The molecule has 1 unspecified atom stereocenters. The van der Waals surface area contributed by atoms with Crippen LogP contribution in [0.15, 0.2) is 72.8 Å². The van der Waals surface area contributed by atoms with Crippen molar-refractivity contribution in [3.05, 3.63) is 94.8 Å². The van der Waals surface area contributed by atoms with Crippen LogP contribution >= 0.6 is 11.6 Å². The fourth-order valence-electron chi connectivity index (χ4n) is 4.55. The number of H-pyrrole nitrogens is 1. The summed E-state index contributed by atoms with van der Waals surface area (Å²) in [6.45, 7) is 1.87. The van der Waals surface area contributed by atoms with Gasteiger partial charge in [-0.15, -0.1) is 0 Å². The van der Waals surface area contributed by atoms with Crippen LogP contribution in [0.5, 0.6) is 5.75 Å². The minimum absolute atomic E-state index is 0.0000832. The number of likely N-dealkylation sites (tertiary alicyclic amines) is 1. The van der Waals surface area contributed by atoms with Crippen molar-refractivity contribution < 1.29 is 5.11 Å². The molecule has 5 rings (SSSR count). The predicted molar refractivity (Wildman–Crippen MR) is 121 cm³/mol. The van der Waals surface area contributed by atoms with E-state index in [0.717, 1.165) is 58.9 Å². The molecule has 1 fully saturated rings. The van der Waals surface area contributed by atoms with Crippen molar-refractivity contribution in [2.75, 3.05) is 13.1 Å². The zero-order valence-electron chi connectivity index (χ0n) is 16.6. The van der Waals surface area contributed by atoms with Gasteiger partial charge in [-0.05, 0) is 61.8 Å². The normalized spacial score (nSPS) is 16.7. The average Bonchev–Trinajstić information content (AvgIpc) is 3.21. The van der Waals surface area contributed by atoms with E-state index in [0.29, 0.717) is 11.7 Å². The van der Waals surface area contributed by atoms with E-state index in [1.807, 2.05) is 42.5 Å². The van der Waals surface area contributed by atoms with Gasteiger partial charge in [-0.25, -0.2) is 4.98 Å². The first kappa shape index (κ1) is 19.2. The molecule has 1 saturated heterocycles. The lowest BCUT2D eigenvalue weighted by Crippen LogP contribution is -2.37. The molecule has 4 aromatic rings. The van der Waals surface area contributed by atoms with E-state index in [1.54, 1.807) is 6.07 Å². The van der Waals surface area contributed by atoms with Crippen LogP contribution in [0.4, 0.5) is 0 Å². The van der Waals surface area contributed by atoms with Gasteiger partial charge in [-0.2, -0.15) is 0 Å². The summed E-state index contributed by atoms with van der Waals surface area (Å²) in [4.78, 5) is 10.8. The highest BCUT2D eigenvalue weighted by molar-refractivity contribution is 6.30. The standard InChI is InChI=1S/C25H24ClN3O/c26-19-11-9-17(10-12-19)24(20-5-1-4-8-23(20)30)29-15-13-18(14-16-29)25-27-21-6-2-3-7-22(21)28-25/h1-12,18,24,30H,13-16H2,(H,27,28). The number of aromatic amines is 1. The molecule has 30 heavy (non-hydrogen) atoms. The van der Waals surface area contributed by atoms with E-state index >= 15 is 0 Å². The summed E-state index contributed by atoms with van der Waals surface area (Å²) in [6, 6.07) is 23.8. The van der Waals surface area contributed by atoms with Crippen molar-refractivity contribution in [2.45, 2.75) is 24.8 Å². The number of halogens is 1. The molecule has 3 aromatic carbocycles. The van der Waals surface area contributed by atoms with E-state index in [4.69, 9.17) is 16.6 Å². The molecule has 1 aromatic heterocycles. The number of aromatic nitrogens is 2. The maximum absolute atomic E-state index is 10.6. The maximum atomic E-state index is 10.6. The van der Waals surface area contributed by atoms with Crippen molar-refractivity contribution in [3.63, 3.8) is 0 Å². The summed E-state index contributed by atoms with van der Waals surface area (Å²) in [7, 11) is 0. The molecule has 4 nitrogen and oxygen atoms in total. The summed E-state index contributed by atoms with van der Waals surface area (Å²) in [5, 5.41) is 11.3. The number of benzene rings is 3. The first-order valence-corrected chi connectivity index (χ1v) is 10.8. The maximum Gasteiger partial charge on any atom is 0.120 e. The fraction of sp³-hybridized carbons (Fsp3) is 0.240. The Labute approximate surface area is 181 Å². The number of hydrogen-bond donors (Lipinski definition) is 2. The van der Waals surface area contributed by atoms with Crippen LogP contribution < -0.4 is 0 Å². The van der Waals surface area contributed by atoms with Gasteiger partial charge in [0.25, 0.3) is 0 Å². The Morgan fingerprint density at radius 1 is 0.933 bits per heavy atom. The van der Waals surface area contributed by atoms with Crippen LogP contribution in [0.3, 0.4) is 0 Å². The van der Waals surface area contributed by atoms with Crippen molar-refractivity contribution in [1.29, 1.82) is 0 Å². The Bertz CT molecular complexity index is 1110. The number of hydrogen-bond acceptors (Lipinski definition) is 3. The number of phenolic OH excluding ortho intramolecular Hbond substituents is 1. The highest BCUT2D eigenvalue weighted by atomic mass is 35.5. The molecule has 0 aliphatic carbocycles. The van der Waals surface area contributed by atoms with Gasteiger partial charge in [0.05, 0.1) is 17.1 Å². The topological polar surface area (TPSA) is 52.1 Å². The van der Waals surface area contributed by atoms with Gasteiger partial charge in [-0.3, -0.25) is 4.90 Å². The Hall–Kier alpha value is -2.82. The number of nitrogens with one attached hydrogen (secondary N) is 1. The zero-order chi connectivity index (χ0) is 20.5. The molecule has 1 aliphatic heterocycles. The van der Waals surface area contributed by atoms with E-state index in [-0.39, 0.29) is 6.04 Å². The minimum atomic E-state index is 0.0000832. The average molecular weight is 418 g/mol. The van der Waals surface area contributed by atoms with Crippen molar-refractivity contribution in [2.24, 2.45) is 0 Å². The number of aromatic hydroxyl groups is 1. The molecule has 5 heteroatoms. The first-order valence-electron chi connectivity index (χ1n) is 10.4. The van der Waals surface area contributed by atoms with Crippen LogP contribution in [0, 0.1) is 0 Å². The fourth-order valence-corrected chi connectivity index (χ4v) is 4.67. The molecule has 0 radical (unpaired) electrons. The lowest BCUT2D eigenvalue weighted by molar-refractivity contribution is 0.170. The van der Waals surface area contributed by atoms with Gasteiger partial charge in [0.15, 0.2) is 0 Å². The van der Waals surface area contributed by atoms with Gasteiger partial charge in [0.2, 0.25) is 0 Å². The van der Waals surface area contributed by atoms with Gasteiger partial charge in [0.1, 0.15) is 11.6 Å². The molecular weight excluding hydrogens is 394 g/mol. The van der Waals surface area contributed by atoms with Crippen molar-refractivity contribution in [3.8, 4) is 5.75 Å². The summed E-state index contributed by atoms with van der Waals surface area (Å²) >= 11 is 6.13. The van der Waals surface area contributed by atoms with E-state index in [1.165, 1.54) is 0 Å². The number of piperidine rings is 1. The van der Waals surface area contributed by atoms with Gasteiger partial charge < -0.3 is 10.1 Å². The van der Waals surface area contributed by atoms with E-state index in [2.05, 4.69) is 34.1 Å². The van der Waals surface area contributed by atoms with Crippen molar-refractivity contribution in [1.82, 2.24) is 14.9 Å². The number of rotatable bonds is 4. The summed E-state index contributed by atoms with van der Waals surface area (Å²) in [6.07, 6.45) is 2.05. The smallest absolute Gasteiger partial charge is 0.120 e. The molecular formula is C25H24ClN3O. The molecule has 0 spiro atoms. The molecule has 1 aliphatic rings. The van der Waals surface area contributed by atoms with Crippen molar-refractivity contribution >= 4 is 22.6 Å². The second-order valence-corrected chi connectivity index (χ2v) is 8.40. The number of fused-ring (bicyclic) bond motifs is 1. The highest BCUT2D eigenvalue weighted by Crippen LogP contribution is 2.38. The predicted octanol–water partition coefficient (Wildman–Crippen LogP) is 5.89. The minimum Gasteiger partial charge on any atom is -0.508 e. The van der Waals surface area contributed by atoms with Gasteiger partial charge in [0, 0.05) is 16.5 Å². The number of nitrogens with zero attached hydrogens (tertiary/aromatic N) is 2. The van der Waals surface area contributed by atoms with Gasteiger partial charge >= 0.3 is 0 Å². The lowest BCUT2D eigenvalue weighted by Gasteiger charge is -2.38. The summed E-state index contributed by atoms with van der Waals surface area (Å²) in [5.41, 5.74) is 4.21.